The highest BCUT2D eigenvalue weighted by molar-refractivity contribution is 5.83. The van der Waals surface area contributed by atoms with Gasteiger partial charge < -0.3 is 20.3 Å². The molecule has 0 spiro atoms. The largest absolute Gasteiger partial charge is 0.396 e. The van der Waals surface area contributed by atoms with Crippen LogP contribution in [0.5, 0.6) is 0 Å². The summed E-state index contributed by atoms with van der Waals surface area (Å²) in [4.78, 5) is 13.1. The molecule has 2 aliphatic rings. The topological polar surface area (TPSA) is 82.9 Å². The van der Waals surface area contributed by atoms with E-state index in [1.807, 2.05) is 32.4 Å². The molecule has 3 rings (SSSR count). The number of aromatic nitrogens is 2. The fraction of sp³-hybridized carbons (Fsp3) is 0.571. The molecule has 1 aromatic heterocycles. The molecule has 0 saturated heterocycles. The second-order valence-corrected chi connectivity index (χ2v) is 5.91. The van der Waals surface area contributed by atoms with E-state index in [0.717, 1.165) is 17.9 Å². The van der Waals surface area contributed by atoms with Gasteiger partial charge in [0.05, 0.1) is 12.4 Å². The smallest absolute Gasteiger partial charge is 0.199 e. The predicted octanol–water partition coefficient (Wildman–Crippen LogP) is 0.444. The molecule has 21 heavy (non-hydrogen) atoms. The van der Waals surface area contributed by atoms with E-state index < -0.39 is 0 Å². The van der Waals surface area contributed by atoms with E-state index in [1.54, 1.807) is 0 Å². The second kappa shape index (κ2) is 5.16. The zero-order valence-electron chi connectivity index (χ0n) is 12.6. The number of hydrogen-bond donors (Lipinski definition) is 2. The first-order valence-electron chi connectivity index (χ1n) is 7.12. The van der Waals surface area contributed by atoms with Gasteiger partial charge in [0.25, 0.3) is 0 Å². The Labute approximate surface area is 124 Å². The van der Waals surface area contributed by atoms with Crippen LogP contribution in [-0.4, -0.2) is 58.2 Å². The van der Waals surface area contributed by atoms with Gasteiger partial charge >= 0.3 is 0 Å². The Bertz CT molecular complexity index is 590. The molecule has 0 aromatic carbocycles. The van der Waals surface area contributed by atoms with Gasteiger partial charge in [-0.25, -0.2) is 4.98 Å². The zero-order chi connectivity index (χ0) is 15.1. The first-order valence-corrected chi connectivity index (χ1v) is 7.12. The van der Waals surface area contributed by atoms with Gasteiger partial charge in [0, 0.05) is 19.6 Å². The molecule has 3 N–H and O–H groups in total. The highest BCUT2D eigenvalue weighted by Gasteiger charge is 2.33. The molecule has 7 heteroatoms. The molecule has 1 aliphatic heterocycles. The van der Waals surface area contributed by atoms with Crippen LogP contribution in [0.3, 0.4) is 0 Å². The van der Waals surface area contributed by atoms with Gasteiger partial charge in [0.15, 0.2) is 11.8 Å². The van der Waals surface area contributed by atoms with Crippen LogP contribution in [0.1, 0.15) is 24.3 Å². The van der Waals surface area contributed by atoms with Crippen molar-refractivity contribution < 1.29 is 5.11 Å². The summed E-state index contributed by atoms with van der Waals surface area (Å²) in [6, 6.07) is 0.182. The maximum absolute atomic E-state index is 9.27. The summed E-state index contributed by atoms with van der Waals surface area (Å²) in [5, 5.41) is 9.27. The van der Waals surface area contributed by atoms with Gasteiger partial charge in [-0.2, -0.15) is 4.99 Å². The van der Waals surface area contributed by atoms with E-state index in [0.29, 0.717) is 5.96 Å². The van der Waals surface area contributed by atoms with Gasteiger partial charge in [0.2, 0.25) is 0 Å². The molecule has 0 bridgehead atoms. The van der Waals surface area contributed by atoms with E-state index in [2.05, 4.69) is 31.6 Å². The number of nitrogens with two attached hydrogens (primary N) is 1. The minimum atomic E-state index is -0.0160. The molecule has 7 nitrogen and oxygen atoms in total. The Hall–Kier alpha value is -1.86. The zero-order valence-corrected chi connectivity index (χ0v) is 12.6. The van der Waals surface area contributed by atoms with Crippen LogP contribution in [0.2, 0.25) is 0 Å². The van der Waals surface area contributed by atoms with Gasteiger partial charge in [-0.05, 0) is 20.5 Å². The number of fused-ring (bicyclic) bond motifs is 1. The number of aliphatic imine (C=N–C) groups is 1. The molecule has 1 aromatic rings. The Morgan fingerprint density at radius 2 is 2.19 bits per heavy atom. The van der Waals surface area contributed by atoms with E-state index in [-0.39, 0.29) is 24.7 Å². The third-order valence-electron chi connectivity index (χ3n) is 4.22. The lowest BCUT2D eigenvalue weighted by Gasteiger charge is -2.35. The van der Waals surface area contributed by atoms with Crippen molar-refractivity contribution in [1.29, 1.82) is 0 Å². The normalized spacial score (nSPS) is 28.1. The minimum Gasteiger partial charge on any atom is -0.396 e. The average molecular weight is 290 g/mol. The standard InChI is InChI=1S/C14H22N6O/c1-18(2)13-11-12(17-14(15)19(13)3)20(8-16-11)10-5-4-9(6-10)7-21/h4-5,8-10,13,21H,6-7H2,1-3H3,(H2,15,17)/t9-,10+,13?/m1/s1. The van der Waals surface area contributed by atoms with Gasteiger partial charge in [-0.15, -0.1) is 0 Å². The summed E-state index contributed by atoms with van der Waals surface area (Å²) in [6.45, 7) is 0.179. The van der Waals surface area contributed by atoms with E-state index in [4.69, 9.17) is 5.73 Å². The monoisotopic (exact) mass is 290 g/mol. The van der Waals surface area contributed by atoms with Crippen molar-refractivity contribution in [2.75, 3.05) is 27.7 Å². The number of aliphatic hydroxyl groups is 1. The van der Waals surface area contributed by atoms with Gasteiger partial charge in [0.1, 0.15) is 11.9 Å². The summed E-state index contributed by atoms with van der Waals surface area (Å²) in [5.41, 5.74) is 6.97. The van der Waals surface area contributed by atoms with Crippen molar-refractivity contribution in [3.63, 3.8) is 0 Å². The summed E-state index contributed by atoms with van der Waals surface area (Å²) < 4.78 is 2.05. The van der Waals surface area contributed by atoms with Gasteiger partial charge in [-0.3, -0.25) is 4.90 Å². The molecule has 0 saturated carbocycles. The predicted molar refractivity (Wildman–Crippen MR) is 81.1 cm³/mol. The van der Waals surface area contributed by atoms with Crippen molar-refractivity contribution >= 4 is 11.8 Å². The fourth-order valence-electron chi connectivity index (χ4n) is 3.09. The summed E-state index contributed by atoms with van der Waals surface area (Å²) in [5.74, 6) is 1.52. The third kappa shape index (κ3) is 2.22. The van der Waals surface area contributed by atoms with Crippen molar-refractivity contribution in [3.05, 3.63) is 24.2 Å². The summed E-state index contributed by atoms with van der Waals surface area (Å²) in [7, 11) is 5.92. The average Bonchev–Trinajstić information content (AvgIpc) is 3.05. The highest BCUT2D eigenvalue weighted by atomic mass is 16.3. The number of hydrogen-bond acceptors (Lipinski definition) is 6. The number of nitrogens with zero attached hydrogens (tertiary/aromatic N) is 5. The molecule has 3 atom stereocenters. The first-order chi connectivity index (χ1) is 10.0. The number of guanidine groups is 1. The lowest BCUT2D eigenvalue weighted by molar-refractivity contribution is 0.160. The molecule has 0 amide bonds. The Balaban J connectivity index is 1.99. The van der Waals surface area contributed by atoms with Crippen LogP contribution in [0.15, 0.2) is 23.5 Å². The van der Waals surface area contributed by atoms with Crippen molar-refractivity contribution in [1.82, 2.24) is 19.4 Å². The molecule has 0 radical (unpaired) electrons. The number of allylic oxidation sites excluding steroid dienone is 1. The quantitative estimate of drug-likeness (QED) is 0.790. The second-order valence-electron chi connectivity index (χ2n) is 5.91. The number of imidazole rings is 1. The van der Waals surface area contributed by atoms with Crippen LogP contribution in [0, 0.1) is 5.92 Å². The lowest BCUT2D eigenvalue weighted by atomic mass is 10.1. The molecule has 1 unspecified atom stereocenters. The van der Waals surface area contributed by atoms with Crippen molar-refractivity contribution in [2.24, 2.45) is 16.6 Å². The SMILES string of the molecule is CN(C)C1c2ncn([C@H]3C=C[C@@H](CO)C3)c2N=C(N)N1C. The maximum Gasteiger partial charge on any atom is 0.199 e. The van der Waals surface area contributed by atoms with Crippen LogP contribution in [0.4, 0.5) is 5.82 Å². The Kier molecular flexibility index (Phi) is 3.46. The van der Waals surface area contributed by atoms with Gasteiger partial charge in [-0.1, -0.05) is 12.2 Å². The summed E-state index contributed by atoms with van der Waals surface area (Å²) >= 11 is 0. The molecular weight excluding hydrogens is 268 g/mol. The van der Waals surface area contributed by atoms with Crippen molar-refractivity contribution in [3.8, 4) is 0 Å². The third-order valence-corrected chi connectivity index (χ3v) is 4.22. The molecule has 2 heterocycles. The molecule has 0 fully saturated rings. The number of aliphatic hydroxyl groups excluding tert-OH is 1. The highest BCUT2D eigenvalue weighted by Crippen LogP contribution is 2.38. The molecular formula is C14H22N6O. The fourth-order valence-corrected chi connectivity index (χ4v) is 3.09. The number of rotatable bonds is 3. The van der Waals surface area contributed by atoms with Crippen LogP contribution in [-0.2, 0) is 0 Å². The van der Waals surface area contributed by atoms with Crippen LogP contribution >= 0.6 is 0 Å². The van der Waals surface area contributed by atoms with Crippen molar-refractivity contribution in [2.45, 2.75) is 18.6 Å². The molecule has 114 valence electrons. The molecule has 1 aliphatic carbocycles. The van der Waals surface area contributed by atoms with E-state index in [1.165, 1.54) is 0 Å². The summed E-state index contributed by atoms with van der Waals surface area (Å²) in [6.07, 6.45) is 6.85. The Morgan fingerprint density at radius 1 is 1.43 bits per heavy atom. The van der Waals surface area contributed by atoms with E-state index >= 15 is 0 Å². The van der Waals surface area contributed by atoms with Crippen LogP contribution < -0.4 is 5.73 Å². The lowest BCUT2D eigenvalue weighted by Crippen LogP contribution is -2.45. The minimum absolute atomic E-state index is 0.0160. The van der Waals surface area contributed by atoms with E-state index in [9.17, 15) is 5.11 Å². The van der Waals surface area contributed by atoms with Crippen LogP contribution in [0.25, 0.3) is 0 Å². The Morgan fingerprint density at radius 3 is 2.81 bits per heavy atom. The first kappa shape index (κ1) is 14.1. The maximum atomic E-state index is 9.27.